The van der Waals surface area contributed by atoms with Crippen molar-refractivity contribution in [3.05, 3.63) is 36.5 Å². The number of rotatable bonds is 6. The first-order valence-electron chi connectivity index (χ1n) is 8.27. The molecule has 10 heteroatoms. The first kappa shape index (κ1) is 17.3. The van der Waals surface area contributed by atoms with Gasteiger partial charge in [-0.1, -0.05) is 0 Å². The van der Waals surface area contributed by atoms with Crippen molar-refractivity contribution < 1.29 is 18.0 Å². The normalized spacial score (nSPS) is 15.1. The molecule has 3 N–H and O–H groups in total. The molecule has 0 unspecified atom stereocenters. The summed E-state index contributed by atoms with van der Waals surface area (Å²) in [6.07, 6.45) is 2.66. The van der Waals surface area contributed by atoms with E-state index in [2.05, 4.69) is 30.6 Å². The van der Waals surface area contributed by atoms with Gasteiger partial charge in [-0.15, -0.1) is 0 Å². The smallest absolute Gasteiger partial charge is 0.255 e. The van der Waals surface area contributed by atoms with Gasteiger partial charge in [0.25, 0.3) is 6.43 Å². The summed E-state index contributed by atoms with van der Waals surface area (Å²) in [4.78, 5) is 27.6. The molecular formula is C17H15F3N6O. The largest absolute Gasteiger partial charge is 0.356 e. The molecule has 0 aliphatic heterocycles. The van der Waals surface area contributed by atoms with Crippen LogP contribution in [0.3, 0.4) is 0 Å². The SMILES string of the molecule is O=C(NCC(F)F)C1(Nc2ccnc(-c3c[nH]c4ncc(F)cc34)n2)CC1. The number of aromatic nitrogens is 4. The Hall–Kier alpha value is -3.17. The fourth-order valence-electron chi connectivity index (χ4n) is 2.84. The van der Waals surface area contributed by atoms with E-state index in [0.717, 1.165) is 6.20 Å². The third kappa shape index (κ3) is 3.42. The summed E-state index contributed by atoms with van der Waals surface area (Å²) in [5, 5.41) is 5.77. The topological polar surface area (TPSA) is 95.6 Å². The van der Waals surface area contributed by atoms with Crippen LogP contribution >= 0.6 is 0 Å². The second kappa shape index (κ2) is 6.53. The van der Waals surface area contributed by atoms with Crippen LogP contribution in [0.15, 0.2) is 30.7 Å². The van der Waals surface area contributed by atoms with Crippen LogP contribution in [0.1, 0.15) is 12.8 Å². The zero-order valence-corrected chi connectivity index (χ0v) is 14.0. The van der Waals surface area contributed by atoms with E-state index in [1.54, 1.807) is 12.3 Å². The van der Waals surface area contributed by atoms with Crippen molar-refractivity contribution in [3.63, 3.8) is 0 Å². The van der Waals surface area contributed by atoms with Gasteiger partial charge in [-0.2, -0.15) is 0 Å². The molecule has 0 saturated heterocycles. The molecule has 1 amide bonds. The molecule has 7 nitrogen and oxygen atoms in total. The quantitative estimate of drug-likeness (QED) is 0.614. The van der Waals surface area contributed by atoms with Gasteiger partial charge in [0.15, 0.2) is 5.82 Å². The predicted octanol–water partition coefficient (Wildman–Crippen LogP) is 2.48. The number of amides is 1. The first-order valence-corrected chi connectivity index (χ1v) is 8.27. The summed E-state index contributed by atoms with van der Waals surface area (Å²) in [7, 11) is 0. The Kier molecular flexibility index (Phi) is 4.17. The van der Waals surface area contributed by atoms with E-state index in [0.29, 0.717) is 41.1 Å². The minimum absolute atomic E-state index is 0.322. The first-order chi connectivity index (χ1) is 13.0. The lowest BCUT2D eigenvalue weighted by molar-refractivity contribution is -0.123. The molecule has 1 aliphatic carbocycles. The highest BCUT2D eigenvalue weighted by Crippen LogP contribution is 2.39. The van der Waals surface area contributed by atoms with E-state index in [-0.39, 0.29) is 0 Å². The highest BCUT2D eigenvalue weighted by atomic mass is 19.3. The molecule has 3 aromatic rings. The molecule has 4 rings (SSSR count). The second-order valence-corrected chi connectivity index (χ2v) is 6.33. The van der Waals surface area contributed by atoms with Crippen LogP contribution in [-0.4, -0.2) is 44.4 Å². The number of carbonyl (C=O) groups excluding carboxylic acids is 1. The van der Waals surface area contributed by atoms with Crippen molar-refractivity contribution in [2.45, 2.75) is 24.8 Å². The van der Waals surface area contributed by atoms with Crippen LogP contribution in [0.25, 0.3) is 22.4 Å². The summed E-state index contributed by atoms with van der Waals surface area (Å²) in [6, 6.07) is 2.91. The van der Waals surface area contributed by atoms with Crippen LogP contribution in [0.4, 0.5) is 19.0 Å². The molecular weight excluding hydrogens is 361 g/mol. The van der Waals surface area contributed by atoms with Crippen molar-refractivity contribution in [2.75, 3.05) is 11.9 Å². The molecule has 1 saturated carbocycles. The number of carbonyl (C=O) groups is 1. The Morgan fingerprint density at radius 1 is 1.33 bits per heavy atom. The third-order valence-electron chi connectivity index (χ3n) is 4.36. The number of fused-ring (bicyclic) bond motifs is 1. The fourth-order valence-corrected chi connectivity index (χ4v) is 2.84. The van der Waals surface area contributed by atoms with Gasteiger partial charge in [0.1, 0.15) is 22.8 Å². The number of aromatic amines is 1. The lowest BCUT2D eigenvalue weighted by Crippen LogP contribution is -2.43. The van der Waals surface area contributed by atoms with Crippen LogP contribution < -0.4 is 10.6 Å². The van der Waals surface area contributed by atoms with Gasteiger partial charge in [0.05, 0.1) is 12.7 Å². The number of nitrogens with one attached hydrogen (secondary N) is 3. The lowest BCUT2D eigenvalue weighted by atomic mass is 10.2. The van der Waals surface area contributed by atoms with E-state index in [1.807, 2.05) is 0 Å². The Morgan fingerprint density at radius 2 is 2.15 bits per heavy atom. The number of anilines is 1. The summed E-state index contributed by atoms with van der Waals surface area (Å²) in [6.45, 7) is -0.689. The van der Waals surface area contributed by atoms with Crippen molar-refractivity contribution in [1.82, 2.24) is 25.3 Å². The zero-order chi connectivity index (χ0) is 19.0. The number of nitrogens with zero attached hydrogens (tertiary/aromatic N) is 3. The average Bonchev–Trinajstić information content (AvgIpc) is 3.30. The third-order valence-corrected chi connectivity index (χ3v) is 4.36. The maximum atomic E-state index is 13.5. The van der Waals surface area contributed by atoms with Crippen LogP contribution in [0, 0.1) is 5.82 Å². The standard InChI is InChI=1S/C17H15F3N6O/c18-9-5-10-11(7-23-14(10)22-6-9)15-21-4-1-13(25-15)26-17(2-3-17)16(27)24-8-12(19)20/h1,4-7,12H,2-3,8H2,(H,22,23)(H,24,27)(H,21,25,26). The molecule has 1 aliphatic rings. The van der Waals surface area contributed by atoms with Crippen LogP contribution in [-0.2, 0) is 4.79 Å². The Balaban J connectivity index is 1.58. The molecule has 1 fully saturated rings. The fraction of sp³-hybridized carbons (Fsp3) is 0.294. The maximum absolute atomic E-state index is 13.5. The van der Waals surface area contributed by atoms with Gasteiger partial charge < -0.3 is 15.6 Å². The summed E-state index contributed by atoms with van der Waals surface area (Å²) < 4.78 is 38.1. The maximum Gasteiger partial charge on any atom is 0.255 e. The van der Waals surface area contributed by atoms with Crippen LogP contribution in [0.5, 0.6) is 0 Å². The lowest BCUT2D eigenvalue weighted by Gasteiger charge is -2.17. The predicted molar refractivity (Wildman–Crippen MR) is 91.7 cm³/mol. The highest BCUT2D eigenvalue weighted by molar-refractivity contribution is 5.93. The van der Waals surface area contributed by atoms with Gasteiger partial charge in [0, 0.05) is 23.3 Å². The van der Waals surface area contributed by atoms with Gasteiger partial charge in [-0.3, -0.25) is 4.79 Å². The number of H-pyrrole nitrogens is 1. The van der Waals surface area contributed by atoms with E-state index in [4.69, 9.17) is 0 Å². The molecule has 3 heterocycles. The van der Waals surface area contributed by atoms with E-state index >= 15 is 0 Å². The van der Waals surface area contributed by atoms with Gasteiger partial charge in [-0.25, -0.2) is 28.1 Å². The summed E-state index contributed by atoms with van der Waals surface area (Å²) in [5.41, 5.74) is 0.125. The molecule has 0 atom stereocenters. The molecule has 0 spiro atoms. The van der Waals surface area contributed by atoms with Crippen molar-refractivity contribution in [1.29, 1.82) is 0 Å². The number of alkyl halides is 2. The molecule has 0 aromatic carbocycles. The Bertz CT molecular complexity index is 1000. The van der Waals surface area contributed by atoms with E-state index in [1.165, 1.54) is 12.3 Å². The van der Waals surface area contributed by atoms with Crippen molar-refractivity contribution in [2.24, 2.45) is 0 Å². The minimum Gasteiger partial charge on any atom is -0.356 e. The molecule has 0 radical (unpaired) electrons. The average molecular weight is 376 g/mol. The number of pyridine rings is 1. The molecule has 140 valence electrons. The molecule has 27 heavy (non-hydrogen) atoms. The zero-order valence-electron chi connectivity index (χ0n) is 14.0. The number of hydrogen-bond acceptors (Lipinski definition) is 5. The van der Waals surface area contributed by atoms with Crippen molar-refractivity contribution >= 4 is 22.8 Å². The monoisotopic (exact) mass is 376 g/mol. The Morgan fingerprint density at radius 3 is 2.89 bits per heavy atom. The van der Waals surface area contributed by atoms with E-state index < -0.39 is 30.2 Å². The second-order valence-electron chi connectivity index (χ2n) is 6.33. The minimum atomic E-state index is -2.61. The summed E-state index contributed by atoms with van der Waals surface area (Å²) >= 11 is 0. The highest BCUT2D eigenvalue weighted by Gasteiger charge is 2.50. The van der Waals surface area contributed by atoms with E-state index in [9.17, 15) is 18.0 Å². The summed E-state index contributed by atoms with van der Waals surface area (Å²) in [5.74, 6) is -0.266. The van der Waals surface area contributed by atoms with Gasteiger partial charge in [0.2, 0.25) is 5.91 Å². The van der Waals surface area contributed by atoms with Crippen LogP contribution in [0.2, 0.25) is 0 Å². The molecule has 3 aromatic heterocycles. The Labute approximate surface area is 151 Å². The number of hydrogen-bond donors (Lipinski definition) is 3. The van der Waals surface area contributed by atoms with Gasteiger partial charge >= 0.3 is 0 Å². The number of halogens is 3. The van der Waals surface area contributed by atoms with Gasteiger partial charge in [-0.05, 0) is 25.0 Å². The molecule has 0 bridgehead atoms. The van der Waals surface area contributed by atoms with Crippen molar-refractivity contribution in [3.8, 4) is 11.4 Å².